The number of hydrogen-bond donors (Lipinski definition) is 0. The van der Waals surface area contributed by atoms with Crippen LogP contribution in [0.5, 0.6) is 0 Å². The highest BCUT2D eigenvalue weighted by Gasteiger charge is 2.49. The molecular formula is C116H82N2OS. The van der Waals surface area contributed by atoms with Crippen molar-refractivity contribution in [2.75, 3.05) is 9.80 Å². The van der Waals surface area contributed by atoms with Gasteiger partial charge in [0.2, 0.25) is 0 Å². The predicted octanol–water partition coefficient (Wildman–Crippen LogP) is 31.3. The van der Waals surface area contributed by atoms with E-state index in [0.29, 0.717) is 0 Å². The molecule has 0 atom stereocenters. The maximum Gasteiger partial charge on any atom is 0.135 e. The zero-order valence-corrected chi connectivity index (χ0v) is 67.9. The molecule has 0 amide bonds. The average Bonchev–Trinajstić information content (AvgIpc) is 1.53. The van der Waals surface area contributed by atoms with Crippen LogP contribution in [0.15, 0.2) is 429 Å². The van der Waals surface area contributed by atoms with Crippen molar-refractivity contribution in [2.24, 2.45) is 0 Å². The van der Waals surface area contributed by atoms with Crippen LogP contribution in [0, 0.1) is 0 Å². The van der Waals surface area contributed by atoms with Crippen molar-refractivity contribution in [3.05, 3.63) is 491 Å². The van der Waals surface area contributed by atoms with E-state index in [2.05, 4.69) is 450 Å². The van der Waals surface area contributed by atoms with Gasteiger partial charge in [0.15, 0.2) is 0 Å². The molecular weight excluding hydrogens is 1470 g/mol. The van der Waals surface area contributed by atoms with E-state index >= 15 is 0 Å². The van der Waals surface area contributed by atoms with E-state index in [0.717, 1.165) is 67.2 Å². The SMILES string of the molecule is CC1(C)c2ccccc2-c2ccc(N(c3cccc(-c4ccc5oc6ccccc6c5c4)c3)c3ccc4c(c3)C(c3ccccc3)(c3ccccc3)c3ccccc3-4)cc21.CC1(C)c2ccccc2-c2ccc(N(c3cccc(-c4ccc5sc6ccccc6c5c4)c3)c3ccc4c(c3)C(c3ccccc3)(c3ccccc3)c3ccccc3-4)cc21. The van der Waals surface area contributed by atoms with E-state index in [-0.39, 0.29) is 10.8 Å². The maximum atomic E-state index is 6.23. The first-order valence-corrected chi connectivity index (χ1v) is 42.7. The monoisotopic (exact) mass is 1550 g/mol. The minimum atomic E-state index is -0.512. The molecule has 4 heteroatoms. The number of nitrogens with zero attached hydrogens (tertiary/aromatic N) is 2. The van der Waals surface area contributed by atoms with Gasteiger partial charge in [-0.25, -0.2) is 0 Å². The zero-order valence-electron chi connectivity index (χ0n) is 67.1. The summed E-state index contributed by atoms with van der Waals surface area (Å²) in [6.07, 6.45) is 0. The minimum absolute atomic E-state index is 0.135. The molecule has 0 saturated heterocycles. The van der Waals surface area contributed by atoms with Crippen LogP contribution in [0.4, 0.5) is 34.1 Å². The van der Waals surface area contributed by atoms with E-state index < -0.39 is 10.8 Å². The van der Waals surface area contributed by atoms with Gasteiger partial charge in [0.25, 0.3) is 0 Å². The van der Waals surface area contributed by atoms with Crippen molar-refractivity contribution in [1.82, 2.24) is 0 Å². The molecule has 0 N–H and O–H groups in total. The van der Waals surface area contributed by atoms with Gasteiger partial charge in [-0.15, -0.1) is 11.3 Å². The highest BCUT2D eigenvalue weighted by Crippen LogP contribution is 2.61. The third-order valence-electron chi connectivity index (χ3n) is 26.7. The number of para-hydroxylation sites is 1. The summed E-state index contributed by atoms with van der Waals surface area (Å²) in [4.78, 5) is 4.96. The second-order valence-corrected chi connectivity index (χ2v) is 34.8. The number of hydrogen-bond acceptors (Lipinski definition) is 4. The van der Waals surface area contributed by atoms with Crippen molar-refractivity contribution < 1.29 is 4.42 Å². The van der Waals surface area contributed by atoms with Gasteiger partial charge >= 0.3 is 0 Å². The van der Waals surface area contributed by atoms with Crippen molar-refractivity contribution in [1.29, 1.82) is 0 Å². The first-order chi connectivity index (χ1) is 59.0. The number of benzene rings is 18. The lowest BCUT2D eigenvalue weighted by Crippen LogP contribution is -2.28. The third-order valence-corrected chi connectivity index (χ3v) is 27.8. The van der Waals surface area contributed by atoms with Crippen molar-refractivity contribution in [3.63, 3.8) is 0 Å². The lowest BCUT2D eigenvalue weighted by molar-refractivity contribution is 0.660. The van der Waals surface area contributed by atoms with Gasteiger partial charge in [0.1, 0.15) is 11.2 Å². The molecule has 0 fully saturated rings. The number of anilines is 6. The first-order valence-electron chi connectivity index (χ1n) is 41.8. The second-order valence-electron chi connectivity index (χ2n) is 33.7. The third kappa shape index (κ3) is 10.8. The average molecular weight is 1550 g/mol. The fourth-order valence-corrected chi connectivity index (χ4v) is 22.2. The first kappa shape index (κ1) is 70.9. The summed E-state index contributed by atoms with van der Waals surface area (Å²) in [7, 11) is 0. The zero-order chi connectivity index (χ0) is 80.0. The second kappa shape index (κ2) is 27.6. The summed E-state index contributed by atoms with van der Waals surface area (Å²) in [6, 6.07) is 158. The lowest BCUT2D eigenvalue weighted by atomic mass is 9.67. The molecule has 0 unspecified atom stereocenters. The molecule has 0 spiro atoms. The topological polar surface area (TPSA) is 19.6 Å². The number of fused-ring (bicyclic) bond motifs is 18. The van der Waals surface area contributed by atoms with Crippen molar-refractivity contribution >= 4 is 87.6 Å². The van der Waals surface area contributed by atoms with Gasteiger partial charge in [0.05, 0.1) is 10.8 Å². The molecule has 3 nitrogen and oxygen atoms in total. The standard InChI is InChI=1S/C58H41NO.C58H41NS/c2*1-57(2)51-25-12-9-22-45(51)47-31-29-43(36-53(47)57)59(42-21-15-16-38(34-42)39-28-33-56-50(35-39)49-24-11-14-27-55(49)60-56)44-30-32-48-46-23-10-13-26-52(46)58(54(48)37-44,40-17-5-3-6-18-40)41-19-7-4-8-20-41/h2*3-37H,1-2H3. The van der Waals surface area contributed by atoms with Gasteiger partial charge < -0.3 is 14.2 Å². The normalized spacial score (nSPS) is 14.1. The van der Waals surface area contributed by atoms with Gasteiger partial charge in [-0.2, -0.15) is 0 Å². The van der Waals surface area contributed by atoms with Crippen LogP contribution in [0.2, 0.25) is 0 Å². The van der Waals surface area contributed by atoms with E-state index in [1.54, 1.807) is 0 Å². The van der Waals surface area contributed by atoms with Gasteiger partial charge in [-0.1, -0.05) is 343 Å². The molecule has 120 heavy (non-hydrogen) atoms. The number of thiophene rings is 1. The van der Waals surface area contributed by atoms with Gasteiger partial charge in [-0.3, -0.25) is 0 Å². The molecule has 4 aliphatic rings. The molecule has 18 aromatic carbocycles. The summed E-state index contributed by atoms with van der Waals surface area (Å²) in [5.41, 5.74) is 38.1. The van der Waals surface area contributed by atoms with E-state index in [1.807, 2.05) is 23.5 Å². The Kier molecular flexibility index (Phi) is 16.3. The highest BCUT2D eigenvalue weighted by atomic mass is 32.1. The molecule has 2 heterocycles. The molecule has 0 aliphatic heterocycles. The Balaban J connectivity index is 0.000000140. The van der Waals surface area contributed by atoms with Crippen LogP contribution in [-0.2, 0) is 21.7 Å². The Hall–Kier alpha value is -14.4. The smallest absolute Gasteiger partial charge is 0.135 e. The molecule has 4 aliphatic carbocycles. The lowest BCUT2D eigenvalue weighted by Gasteiger charge is -2.35. The summed E-state index contributed by atoms with van der Waals surface area (Å²) in [5, 5.41) is 4.89. The summed E-state index contributed by atoms with van der Waals surface area (Å²) in [6.45, 7) is 9.47. The van der Waals surface area contributed by atoms with E-state index in [4.69, 9.17) is 4.42 Å². The molecule has 0 bridgehead atoms. The quantitative estimate of drug-likeness (QED) is 0.122. The van der Waals surface area contributed by atoms with Crippen LogP contribution in [-0.4, -0.2) is 0 Å². The molecule has 20 aromatic rings. The molecule has 2 aromatic heterocycles. The summed E-state index contributed by atoms with van der Waals surface area (Å²) >= 11 is 1.87. The Morgan fingerprint density at radius 3 is 0.975 bits per heavy atom. The van der Waals surface area contributed by atoms with Crippen molar-refractivity contribution in [2.45, 2.75) is 49.4 Å². The fraction of sp³-hybridized carbons (Fsp3) is 0.0690. The highest BCUT2D eigenvalue weighted by molar-refractivity contribution is 7.25. The molecule has 0 saturated carbocycles. The Morgan fingerprint density at radius 1 is 0.200 bits per heavy atom. The Morgan fingerprint density at radius 2 is 0.517 bits per heavy atom. The molecule has 0 radical (unpaired) electrons. The molecule has 568 valence electrons. The van der Waals surface area contributed by atoms with Gasteiger partial charge in [0, 0.05) is 75.9 Å². The fourth-order valence-electron chi connectivity index (χ4n) is 21.2. The number of furan rings is 1. The van der Waals surface area contributed by atoms with Crippen LogP contribution >= 0.6 is 11.3 Å². The Bertz CT molecular complexity index is 6970. The molecule has 24 rings (SSSR count). The Labute approximate surface area is 704 Å². The van der Waals surface area contributed by atoms with Gasteiger partial charge in [-0.05, 0) is 243 Å². The van der Waals surface area contributed by atoms with E-state index in [1.165, 1.54) is 143 Å². The maximum absolute atomic E-state index is 6.23. The minimum Gasteiger partial charge on any atom is -0.456 e. The van der Waals surface area contributed by atoms with E-state index in [9.17, 15) is 0 Å². The summed E-state index contributed by atoms with van der Waals surface area (Å²) < 4.78 is 8.87. The van der Waals surface area contributed by atoms with Crippen LogP contribution in [0.1, 0.15) is 94.5 Å². The number of rotatable bonds is 12. The van der Waals surface area contributed by atoms with Crippen LogP contribution in [0.25, 0.3) is 109 Å². The largest absolute Gasteiger partial charge is 0.456 e. The van der Waals surface area contributed by atoms with Crippen LogP contribution < -0.4 is 9.80 Å². The van der Waals surface area contributed by atoms with Crippen LogP contribution in [0.3, 0.4) is 0 Å². The van der Waals surface area contributed by atoms with Crippen molar-refractivity contribution in [3.8, 4) is 66.8 Å². The predicted molar refractivity (Wildman–Crippen MR) is 503 cm³/mol. The summed E-state index contributed by atoms with van der Waals surface area (Å²) in [5.74, 6) is 0.